The van der Waals surface area contributed by atoms with E-state index in [1.165, 1.54) is 10.0 Å². The predicted molar refractivity (Wildman–Crippen MR) is 41.1 cm³/mol. The number of ether oxygens (including phenoxy) is 1. The Morgan fingerprint density at radius 3 is 2.75 bits per heavy atom. The van der Waals surface area contributed by atoms with Gasteiger partial charge in [-0.2, -0.15) is 0 Å². The average molecular weight is 172 g/mol. The first-order valence-corrected chi connectivity index (χ1v) is 3.87. The molecule has 5 heteroatoms. The lowest BCUT2D eigenvalue weighted by molar-refractivity contribution is -0.155. The molecule has 0 radical (unpaired) electrons. The summed E-state index contributed by atoms with van der Waals surface area (Å²) in [7, 11) is 1.57. The van der Waals surface area contributed by atoms with E-state index in [1.54, 1.807) is 7.05 Å². The van der Waals surface area contributed by atoms with Crippen molar-refractivity contribution in [1.29, 1.82) is 0 Å². The minimum atomic E-state index is -0.445. The number of carbonyl (C=O) groups excluding carboxylic acids is 2. The molecule has 68 valence electrons. The Balaban J connectivity index is 2.65. The maximum Gasteiger partial charge on any atom is 0.429 e. The van der Waals surface area contributed by atoms with Gasteiger partial charge in [-0.15, -0.1) is 0 Å². The largest absolute Gasteiger partial charge is 0.438 e. The van der Waals surface area contributed by atoms with E-state index in [1.807, 2.05) is 6.92 Å². The van der Waals surface area contributed by atoms with Gasteiger partial charge in [-0.05, 0) is 6.42 Å². The molecule has 12 heavy (non-hydrogen) atoms. The number of rotatable bonds is 2. The zero-order chi connectivity index (χ0) is 9.14. The van der Waals surface area contributed by atoms with Crippen molar-refractivity contribution in [1.82, 2.24) is 10.0 Å². The molecule has 0 aliphatic carbocycles. The van der Waals surface area contributed by atoms with Crippen LogP contribution in [-0.4, -0.2) is 42.2 Å². The number of cyclic esters (lactones) is 1. The van der Waals surface area contributed by atoms with Crippen LogP contribution in [0.2, 0.25) is 0 Å². The molecule has 0 atom stereocenters. The van der Waals surface area contributed by atoms with Gasteiger partial charge in [0.1, 0.15) is 0 Å². The van der Waals surface area contributed by atoms with Crippen LogP contribution in [0.1, 0.15) is 13.3 Å². The molecule has 1 fully saturated rings. The summed E-state index contributed by atoms with van der Waals surface area (Å²) >= 11 is 0. The lowest BCUT2D eigenvalue weighted by Gasteiger charge is -2.34. The lowest BCUT2D eigenvalue weighted by atomic mass is 10.4. The zero-order valence-corrected chi connectivity index (χ0v) is 7.24. The Morgan fingerprint density at radius 2 is 2.17 bits per heavy atom. The van der Waals surface area contributed by atoms with Gasteiger partial charge in [0.15, 0.2) is 6.61 Å². The molecule has 0 unspecified atom stereocenters. The van der Waals surface area contributed by atoms with Crippen molar-refractivity contribution in [2.24, 2.45) is 0 Å². The van der Waals surface area contributed by atoms with E-state index in [0.29, 0.717) is 6.54 Å². The summed E-state index contributed by atoms with van der Waals surface area (Å²) in [5, 5.41) is 2.60. The molecular weight excluding hydrogens is 160 g/mol. The van der Waals surface area contributed by atoms with E-state index >= 15 is 0 Å². The highest BCUT2D eigenvalue weighted by Gasteiger charge is 2.29. The fourth-order valence-corrected chi connectivity index (χ4v) is 1.00. The van der Waals surface area contributed by atoms with E-state index in [2.05, 4.69) is 4.74 Å². The van der Waals surface area contributed by atoms with Gasteiger partial charge in [0, 0.05) is 13.6 Å². The van der Waals surface area contributed by atoms with Crippen LogP contribution in [0.5, 0.6) is 0 Å². The van der Waals surface area contributed by atoms with Crippen LogP contribution in [-0.2, 0) is 9.53 Å². The molecule has 0 aromatic rings. The second-order valence-electron chi connectivity index (χ2n) is 2.60. The highest BCUT2D eigenvalue weighted by molar-refractivity contribution is 5.84. The molecule has 0 aromatic carbocycles. The minimum absolute atomic E-state index is 0.143. The minimum Gasteiger partial charge on any atom is -0.438 e. The van der Waals surface area contributed by atoms with Crippen molar-refractivity contribution in [3.8, 4) is 0 Å². The molecule has 5 nitrogen and oxygen atoms in total. The predicted octanol–water partition coefficient (Wildman–Crippen LogP) is 0.222. The third-order valence-corrected chi connectivity index (χ3v) is 1.69. The highest BCUT2D eigenvalue weighted by atomic mass is 16.6. The Kier molecular flexibility index (Phi) is 2.52. The Hall–Kier alpha value is -1.26. The molecule has 1 aliphatic rings. The van der Waals surface area contributed by atoms with Gasteiger partial charge >= 0.3 is 6.09 Å². The SMILES string of the molecule is CCCN1C(=O)OCC(=O)N1C. The van der Waals surface area contributed by atoms with E-state index in [9.17, 15) is 9.59 Å². The monoisotopic (exact) mass is 172 g/mol. The molecule has 1 aliphatic heterocycles. The van der Waals surface area contributed by atoms with Crippen molar-refractivity contribution in [3.63, 3.8) is 0 Å². The van der Waals surface area contributed by atoms with Crippen molar-refractivity contribution in [3.05, 3.63) is 0 Å². The van der Waals surface area contributed by atoms with Crippen molar-refractivity contribution in [2.75, 3.05) is 20.2 Å². The number of hydrazine groups is 1. The second kappa shape index (κ2) is 3.42. The molecule has 0 aromatic heterocycles. The molecule has 0 bridgehead atoms. The van der Waals surface area contributed by atoms with E-state index in [4.69, 9.17) is 0 Å². The van der Waals surface area contributed by atoms with Crippen molar-refractivity contribution < 1.29 is 14.3 Å². The normalized spacial score (nSPS) is 18.2. The summed E-state index contributed by atoms with van der Waals surface area (Å²) in [6.45, 7) is 2.30. The summed E-state index contributed by atoms with van der Waals surface area (Å²) in [5.74, 6) is -0.192. The van der Waals surface area contributed by atoms with Crippen LogP contribution in [0.3, 0.4) is 0 Å². The van der Waals surface area contributed by atoms with Crippen LogP contribution >= 0.6 is 0 Å². The average Bonchev–Trinajstić information content (AvgIpc) is 2.06. The first-order chi connectivity index (χ1) is 5.66. The molecule has 2 amide bonds. The summed E-state index contributed by atoms with van der Waals surface area (Å²) in [5.41, 5.74) is 0. The van der Waals surface area contributed by atoms with E-state index in [-0.39, 0.29) is 12.5 Å². The first kappa shape index (κ1) is 8.83. The van der Waals surface area contributed by atoms with E-state index in [0.717, 1.165) is 6.42 Å². The molecule has 1 heterocycles. The van der Waals surface area contributed by atoms with Crippen LogP contribution in [0, 0.1) is 0 Å². The number of hydrogen-bond acceptors (Lipinski definition) is 3. The maximum atomic E-state index is 11.0. The third kappa shape index (κ3) is 1.49. The summed E-state index contributed by atoms with van der Waals surface area (Å²) < 4.78 is 4.62. The summed E-state index contributed by atoms with van der Waals surface area (Å²) in [6.07, 6.45) is 0.353. The quantitative estimate of drug-likeness (QED) is 0.598. The molecule has 1 rings (SSSR count). The fraction of sp³-hybridized carbons (Fsp3) is 0.714. The highest BCUT2D eigenvalue weighted by Crippen LogP contribution is 2.06. The number of hydrogen-bond donors (Lipinski definition) is 0. The summed E-state index contributed by atoms with van der Waals surface area (Å²) in [4.78, 5) is 22.1. The Morgan fingerprint density at radius 1 is 1.50 bits per heavy atom. The number of amides is 2. The number of nitrogens with zero attached hydrogens (tertiary/aromatic N) is 2. The third-order valence-electron chi connectivity index (χ3n) is 1.69. The molecule has 0 spiro atoms. The fourth-order valence-electron chi connectivity index (χ4n) is 1.00. The maximum absolute atomic E-state index is 11.0. The standard InChI is InChI=1S/C7H12N2O3/c1-3-4-9-7(11)12-5-6(10)8(9)2/h3-5H2,1-2H3. The number of likely N-dealkylation sites (N-methyl/N-ethyl adjacent to an activating group) is 1. The van der Waals surface area contributed by atoms with Crippen LogP contribution in [0.4, 0.5) is 4.79 Å². The molecule has 0 saturated carbocycles. The van der Waals surface area contributed by atoms with Crippen molar-refractivity contribution >= 4 is 12.0 Å². The van der Waals surface area contributed by atoms with Gasteiger partial charge in [0.2, 0.25) is 0 Å². The van der Waals surface area contributed by atoms with Gasteiger partial charge in [-0.25, -0.2) is 14.8 Å². The van der Waals surface area contributed by atoms with Crippen LogP contribution in [0.15, 0.2) is 0 Å². The van der Waals surface area contributed by atoms with Crippen molar-refractivity contribution in [2.45, 2.75) is 13.3 Å². The topological polar surface area (TPSA) is 49.9 Å². The molecule has 1 saturated heterocycles. The Labute approximate surface area is 70.8 Å². The molecular formula is C7H12N2O3. The van der Waals surface area contributed by atoms with Gasteiger partial charge in [-0.1, -0.05) is 6.92 Å². The Bertz CT molecular complexity index is 205. The van der Waals surface area contributed by atoms with E-state index < -0.39 is 6.09 Å². The van der Waals surface area contributed by atoms with Gasteiger partial charge in [0.25, 0.3) is 5.91 Å². The molecule has 0 N–H and O–H groups in total. The van der Waals surface area contributed by atoms with Crippen LogP contribution < -0.4 is 0 Å². The van der Waals surface area contributed by atoms with Gasteiger partial charge in [-0.3, -0.25) is 4.79 Å². The van der Waals surface area contributed by atoms with Gasteiger partial charge in [0.05, 0.1) is 0 Å². The lowest BCUT2D eigenvalue weighted by Crippen LogP contribution is -2.53. The first-order valence-electron chi connectivity index (χ1n) is 3.87. The van der Waals surface area contributed by atoms with Gasteiger partial charge < -0.3 is 4.74 Å². The smallest absolute Gasteiger partial charge is 0.429 e. The summed E-state index contributed by atoms with van der Waals surface area (Å²) in [6, 6.07) is 0. The second-order valence-corrected chi connectivity index (χ2v) is 2.60. The van der Waals surface area contributed by atoms with Crippen LogP contribution in [0.25, 0.3) is 0 Å². The number of carbonyl (C=O) groups is 2. The zero-order valence-electron chi connectivity index (χ0n) is 7.24.